The Labute approximate surface area is 234 Å². The van der Waals surface area contributed by atoms with Gasteiger partial charge in [-0.15, -0.1) is 22.2 Å². The SMILES string of the molecule is CC(c1ccccc1)[Si](Cl)(O[Si](Cl)(C(C)c1ccccc1)C(C)c1ccccc1)C(C)c1ccccc1. The van der Waals surface area contributed by atoms with Crippen molar-refractivity contribution in [3.8, 4) is 0 Å². The molecule has 0 aliphatic carbocycles. The third kappa shape index (κ3) is 5.97. The van der Waals surface area contributed by atoms with Crippen LogP contribution in [0, 0.1) is 0 Å². The Morgan fingerprint density at radius 3 is 0.784 bits per heavy atom. The maximum atomic E-state index is 7.92. The quantitative estimate of drug-likeness (QED) is 0.138. The minimum absolute atomic E-state index is 0.0298. The molecule has 4 unspecified atom stereocenters. The monoisotopic (exact) mass is 562 g/mol. The van der Waals surface area contributed by atoms with E-state index in [1.54, 1.807) is 0 Å². The molecule has 0 aliphatic heterocycles. The van der Waals surface area contributed by atoms with E-state index in [2.05, 4.69) is 125 Å². The summed E-state index contributed by atoms with van der Waals surface area (Å²) >= 11 is 15.8. The highest BCUT2D eigenvalue weighted by atomic mass is 35.6. The lowest BCUT2D eigenvalue weighted by Crippen LogP contribution is -2.57. The fourth-order valence-corrected chi connectivity index (χ4v) is 18.2. The van der Waals surface area contributed by atoms with Gasteiger partial charge in [-0.3, -0.25) is 0 Å². The zero-order valence-electron chi connectivity index (χ0n) is 22.0. The average Bonchev–Trinajstić information content (AvgIpc) is 2.97. The molecule has 0 radical (unpaired) electrons. The van der Waals surface area contributed by atoms with Crippen molar-refractivity contribution in [3.63, 3.8) is 0 Å². The molecule has 0 N–H and O–H groups in total. The molecule has 5 heteroatoms. The van der Waals surface area contributed by atoms with E-state index >= 15 is 0 Å². The Hall–Kier alpha value is -2.15. The second-order valence-electron chi connectivity index (χ2n) is 10.0. The van der Waals surface area contributed by atoms with Crippen molar-refractivity contribution in [1.29, 1.82) is 0 Å². The predicted molar refractivity (Wildman–Crippen MR) is 164 cm³/mol. The van der Waals surface area contributed by atoms with Crippen LogP contribution in [0.3, 0.4) is 0 Å². The Bertz CT molecular complexity index is 1050. The average molecular weight is 564 g/mol. The van der Waals surface area contributed by atoms with Gasteiger partial charge < -0.3 is 4.12 Å². The van der Waals surface area contributed by atoms with Gasteiger partial charge in [-0.25, -0.2) is 0 Å². The van der Waals surface area contributed by atoms with E-state index in [-0.39, 0.29) is 22.2 Å². The van der Waals surface area contributed by atoms with Gasteiger partial charge in [0.2, 0.25) is 0 Å². The van der Waals surface area contributed by atoms with E-state index in [0.717, 1.165) is 0 Å². The first-order chi connectivity index (χ1) is 17.8. The van der Waals surface area contributed by atoms with Crippen LogP contribution in [0.4, 0.5) is 0 Å². The number of halogens is 2. The largest absolute Gasteiger partial charge is 0.431 e. The van der Waals surface area contributed by atoms with Gasteiger partial charge in [0.25, 0.3) is 15.3 Å². The predicted octanol–water partition coefficient (Wildman–Crippen LogP) is 9.74. The van der Waals surface area contributed by atoms with E-state index in [0.29, 0.717) is 0 Å². The fraction of sp³-hybridized carbons (Fsp3) is 0.250. The summed E-state index contributed by atoms with van der Waals surface area (Å²) in [5.74, 6) is 0. The van der Waals surface area contributed by atoms with Gasteiger partial charge in [-0.2, -0.15) is 0 Å². The van der Waals surface area contributed by atoms with Gasteiger partial charge in [0.15, 0.2) is 0 Å². The minimum atomic E-state index is -3.06. The molecule has 0 spiro atoms. The lowest BCUT2D eigenvalue weighted by molar-refractivity contribution is 0.496. The maximum absolute atomic E-state index is 7.92. The maximum Gasteiger partial charge on any atom is 0.295 e. The van der Waals surface area contributed by atoms with Crippen LogP contribution < -0.4 is 0 Å². The Kier molecular flexibility index (Phi) is 9.15. The molecule has 0 amide bonds. The second kappa shape index (κ2) is 12.1. The van der Waals surface area contributed by atoms with Crippen molar-refractivity contribution >= 4 is 37.4 Å². The van der Waals surface area contributed by atoms with Crippen molar-refractivity contribution in [2.24, 2.45) is 0 Å². The van der Waals surface area contributed by atoms with Gasteiger partial charge in [0.05, 0.1) is 0 Å². The molecule has 4 aromatic rings. The van der Waals surface area contributed by atoms with Crippen LogP contribution in [0.25, 0.3) is 0 Å². The highest BCUT2D eigenvalue weighted by Crippen LogP contribution is 2.50. The second-order valence-corrected chi connectivity index (χ2v) is 20.6. The zero-order chi connectivity index (χ0) is 26.5. The smallest absolute Gasteiger partial charge is 0.295 e. The molecule has 0 saturated carbocycles. The molecule has 1 nitrogen and oxygen atoms in total. The zero-order valence-corrected chi connectivity index (χ0v) is 25.5. The summed E-state index contributed by atoms with van der Waals surface area (Å²) in [4.78, 5) is 0. The molecule has 37 heavy (non-hydrogen) atoms. The molecule has 0 aliphatic rings. The van der Waals surface area contributed by atoms with Gasteiger partial charge in [-0.05, 0) is 22.3 Å². The number of hydrogen-bond donors (Lipinski definition) is 0. The summed E-state index contributed by atoms with van der Waals surface area (Å²) < 4.78 is 7.50. The molecule has 192 valence electrons. The summed E-state index contributed by atoms with van der Waals surface area (Å²) in [5, 5.41) is 0. The molecule has 0 heterocycles. The molecular formula is C32H36Cl2OSi2. The molecule has 0 aromatic heterocycles. The minimum Gasteiger partial charge on any atom is -0.431 e. The summed E-state index contributed by atoms with van der Waals surface area (Å²) in [7, 11) is -6.13. The van der Waals surface area contributed by atoms with Crippen LogP contribution in [-0.2, 0) is 4.12 Å². The third-order valence-electron chi connectivity index (χ3n) is 7.87. The summed E-state index contributed by atoms with van der Waals surface area (Å²) in [6.07, 6.45) is 0. The van der Waals surface area contributed by atoms with Crippen molar-refractivity contribution in [1.82, 2.24) is 0 Å². The van der Waals surface area contributed by atoms with Crippen molar-refractivity contribution in [2.75, 3.05) is 0 Å². The first-order valence-corrected chi connectivity index (χ1v) is 19.2. The molecule has 4 atom stereocenters. The lowest BCUT2D eigenvalue weighted by atomic mass is 10.1. The molecule has 4 rings (SSSR count). The van der Waals surface area contributed by atoms with E-state index < -0.39 is 15.3 Å². The number of benzene rings is 4. The molecule has 0 bridgehead atoms. The van der Waals surface area contributed by atoms with Gasteiger partial charge in [0.1, 0.15) is 0 Å². The van der Waals surface area contributed by atoms with Gasteiger partial charge >= 0.3 is 0 Å². The molecular weight excluding hydrogens is 527 g/mol. The summed E-state index contributed by atoms with van der Waals surface area (Å²) in [6.45, 7) is 8.89. The number of hydrogen-bond acceptors (Lipinski definition) is 1. The normalized spacial score (nSPS) is 18.1. The van der Waals surface area contributed by atoms with Crippen LogP contribution in [0.2, 0.25) is 0 Å². The van der Waals surface area contributed by atoms with Crippen molar-refractivity contribution < 1.29 is 4.12 Å². The summed E-state index contributed by atoms with van der Waals surface area (Å²) in [5.41, 5.74) is 4.90. The van der Waals surface area contributed by atoms with Crippen LogP contribution in [-0.4, -0.2) is 15.3 Å². The first kappa shape index (κ1) is 27.9. The van der Waals surface area contributed by atoms with Crippen LogP contribution in [0.15, 0.2) is 121 Å². The van der Waals surface area contributed by atoms with Crippen molar-refractivity contribution in [2.45, 2.75) is 49.9 Å². The fourth-order valence-electron chi connectivity index (χ4n) is 5.22. The van der Waals surface area contributed by atoms with Crippen LogP contribution in [0.1, 0.15) is 72.1 Å². The van der Waals surface area contributed by atoms with Gasteiger partial charge in [-0.1, -0.05) is 149 Å². The summed E-state index contributed by atoms with van der Waals surface area (Å²) in [6, 6.07) is 42.1. The standard InChI is InChI=1S/C32H36Cl2OSi2/c1-25(29-17-9-5-10-18-29)36(33,26(2)30-19-11-6-12-20-30)35-37(34,27(3)31-21-13-7-14-22-31)28(4)32-23-15-8-16-24-32/h5-28H,1-4H3. The Morgan fingerprint density at radius 1 is 0.405 bits per heavy atom. The highest BCUT2D eigenvalue weighted by molar-refractivity contribution is 7.27. The van der Waals surface area contributed by atoms with E-state index in [1.165, 1.54) is 22.3 Å². The van der Waals surface area contributed by atoms with E-state index in [9.17, 15) is 0 Å². The van der Waals surface area contributed by atoms with Crippen LogP contribution in [0.5, 0.6) is 0 Å². The Balaban J connectivity index is 1.86. The first-order valence-electron chi connectivity index (χ1n) is 13.0. The molecule has 0 saturated heterocycles. The topological polar surface area (TPSA) is 9.23 Å². The van der Waals surface area contributed by atoms with E-state index in [1.807, 2.05) is 24.3 Å². The number of rotatable bonds is 10. The van der Waals surface area contributed by atoms with Gasteiger partial charge in [0, 0.05) is 22.2 Å². The van der Waals surface area contributed by atoms with Crippen LogP contribution >= 0.6 is 22.2 Å². The third-order valence-corrected chi connectivity index (χ3v) is 21.7. The Morgan fingerprint density at radius 2 is 0.595 bits per heavy atom. The van der Waals surface area contributed by atoms with Crippen molar-refractivity contribution in [3.05, 3.63) is 144 Å². The molecule has 4 aromatic carbocycles. The van der Waals surface area contributed by atoms with E-state index in [4.69, 9.17) is 26.3 Å². The highest BCUT2D eigenvalue weighted by Gasteiger charge is 2.56. The lowest BCUT2D eigenvalue weighted by Gasteiger charge is -2.46. The molecule has 0 fully saturated rings.